The van der Waals surface area contributed by atoms with E-state index in [0.717, 1.165) is 0 Å². The number of fused-ring (bicyclic) bond motifs is 1. The molecule has 1 aromatic carbocycles. The average molecular weight is 257 g/mol. The molecule has 0 amide bonds. The van der Waals surface area contributed by atoms with E-state index in [1.165, 1.54) is 12.1 Å². The molecule has 5 heteroatoms. The van der Waals surface area contributed by atoms with Crippen molar-refractivity contribution >= 4 is 22.6 Å². The maximum atomic E-state index is 14.0. The van der Waals surface area contributed by atoms with Gasteiger partial charge in [0.2, 0.25) is 5.82 Å². The van der Waals surface area contributed by atoms with E-state index in [0.29, 0.717) is 10.9 Å². The van der Waals surface area contributed by atoms with Crippen LogP contribution in [-0.4, -0.2) is 6.61 Å². The molecule has 90 valence electrons. The third-order valence-corrected chi connectivity index (χ3v) is 2.66. The first-order valence-electron chi connectivity index (χ1n) is 5.09. The molecular formula is C12H10ClFO3. The Hall–Kier alpha value is -1.55. The summed E-state index contributed by atoms with van der Waals surface area (Å²) in [6.07, 6.45) is 0. The van der Waals surface area contributed by atoms with E-state index in [1.54, 1.807) is 13.8 Å². The van der Waals surface area contributed by atoms with Gasteiger partial charge in [0, 0.05) is 11.5 Å². The van der Waals surface area contributed by atoms with Crippen LogP contribution in [0, 0.1) is 12.7 Å². The molecule has 0 unspecified atom stereocenters. The number of benzene rings is 1. The Bertz CT molecular complexity index is 634. The van der Waals surface area contributed by atoms with Gasteiger partial charge in [0.15, 0.2) is 11.3 Å². The molecule has 1 aromatic heterocycles. The molecule has 2 aromatic rings. The number of hydrogen-bond acceptors (Lipinski definition) is 3. The van der Waals surface area contributed by atoms with Crippen LogP contribution in [0.15, 0.2) is 21.3 Å². The standard InChI is InChI=1S/C12H10ClFO3/c1-3-16-12-8(13)5-7-6(2)4-9(15)17-11(7)10(12)14/h4-5H,3H2,1-2H3. The van der Waals surface area contributed by atoms with Crippen LogP contribution in [0.25, 0.3) is 11.0 Å². The first kappa shape index (κ1) is 11.9. The lowest BCUT2D eigenvalue weighted by molar-refractivity contribution is 0.321. The van der Waals surface area contributed by atoms with Crippen LogP contribution in [0.5, 0.6) is 5.75 Å². The average Bonchev–Trinajstić information content (AvgIpc) is 2.26. The maximum Gasteiger partial charge on any atom is 0.336 e. The Morgan fingerprint density at radius 2 is 2.18 bits per heavy atom. The predicted octanol–water partition coefficient (Wildman–Crippen LogP) is 3.29. The van der Waals surface area contributed by atoms with Crippen LogP contribution in [-0.2, 0) is 0 Å². The quantitative estimate of drug-likeness (QED) is 0.774. The summed E-state index contributed by atoms with van der Waals surface area (Å²) in [5.41, 5.74) is -0.110. The van der Waals surface area contributed by atoms with E-state index in [9.17, 15) is 9.18 Å². The fraction of sp³-hybridized carbons (Fsp3) is 0.250. The molecule has 0 spiro atoms. The smallest absolute Gasteiger partial charge is 0.336 e. The summed E-state index contributed by atoms with van der Waals surface area (Å²) in [6, 6.07) is 2.82. The number of halogens is 2. The Morgan fingerprint density at radius 1 is 1.47 bits per heavy atom. The highest BCUT2D eigenvalue weighted by molar-refractivity contribution is 6.32. The molecule has 0 radical (unpaired) electrons. The number of ether oxygens (including phenoxy) is 1. The molecule has 0 saturated heterocycles. The highest BCUT2D eigenvalue weighted by atomic mass is 35.5. The number of rotatable bonds is 2. The van der Waals surface area contributed by atoms with Crippen molar-refractivity contribution in [3.8, 4) is 5.75 Å². The molecule has 0 bridgehead atoms. The third-order valence-electron chi connectivity index (χ3n) is 2.38. The summed E-state index contributed by atoms with van der Waals surface area (Å²) in [6.45, 7) is 3.68. The summed E-state index contributed by atoms with van der Waals surface area (Å²) in [5, 5.41) is 0.629. The highest BCUT2D eigenvalue weighted by Crippen LogP contribution is 2.34. The van der Waals surface area contributed by atoms with E-state index in [2.05, 4.69) is 0 Å². The van der Waals surface area contributed by atoms with Gasteiger partial charge in [0.1, 0.15) is 0 Å². The van der Waals surface area contributed by atoms with E-state index >= 15 is 0 Å². The Labute approximate surface area is 102 Å². The second kappa shape index (κ2) is 4.37. The van der Waals surface area contributed by atoms with Crippen molar-refractivity contribution in [2.75, 3.05) is 6.61 Å². The molecule has 1 heterocycles. The summed E-state index contributed by atoms with van der Waals surface area (Å²) in [7, 11) is 0. The van der Waals surface area contributed by atoms with E-state index < -0.39 is 11.4 Å². The van der Waals surface area contributed by atoms with E-state index in [-0.39, 0.29) is 23.0 Å². The Kier molecular flexibility index (Phi) is 3.07. The van der Waals surface area contributed by atoms with Crippen LogP contribution in [0.4, 0.5) is 4.39 Å². The molecule has 0 atom stereocenters. The van der Waals surface area contributed by atoms with Crippen molar-refractivity contribution in [1.82, 2.24) is 0 Å². The van der Waals surface area contributed by atoms with E-state index in [4.69, 9.17) is 20.8 Å². The zero-order valence-electron chi connectivity index (χ0n) is 9.34. The van der Waals surface area contributed by atoms with Gasteiger partial charge >= 0.3 is 5.63 Å². The minimum atomic E-state index is -0.741. The Morgan fingerprint density at radius 3 is 2.82 bits per heavy atom. The van der Waals surface area contributed by atoms with Crippen LogP contribution in [0.3, 0.4) is 0 Å². The van der Waals surface area contributed by atoms with Gasteiger partial charge in [-0.2, -0.15) is 4.39 Å². The first-order chi connectivity index (χ1) is 8.04. The monoisotopic (exact) mass is 256 g/mol. The lowest BCUT2D eigenvalue weighted by Gasteiger charge is -2.09. The molecule has 0 saturated carbocycles. The molecule has 2 rings (SSSR count). The van der Waals surface area contributed by atoms with Crippen LogP contribution >= 0.6 is 11.6 Å². The second-order valence-corrected chi connectivity index (χ2v) is 3.97. The molecular weight excluding hydrogens is 247 g/mol. The van der Waals surface area contributed by atoms with Crippen molar-refractivity contribution in [2.45, 2.75) is 13.8 Å². The SMILES string of the molecule is CCOc1c(Cl)cc2c(C)cc(=O)oc2c1F. The molecule has 0 aliphatic rings. The second-order valence-electron chi connectivity index (χ2n) is 3.56. The molecule has 3 nitrogen and oxygen atoms in total. The van der Waals surface area contributed by atoms with Gasteiger partial charge < -0.3 is 9.15 Å². The minimum absolute atomic E-state index is 0.0876. The summed E-state index contributed by atoms with van der Waals surface area (Å²) >= 11 is 5.91. The van der Waals surface area contributed by atoms with Gasteiger partial charge in [-0.1, -0.05) is 11.6 Å². The summed E-state index contributed by atoms with van der Waals surface area (Å²) in [5.74, 6) is -0.828. The molecule has 17 heavy (non-hydrogen) atoms. The number of aryl methyl sites for hydroxylation is 1. The minimum Gasteiger partial charge on any atom is -0.489 e. The molecule has 0 N–H and O–H groups in total. The molecule has 0 aliphatic carbocycles. The largest absolute Gasteiger partial charge is 0.489 e. The molecule has 0 aliphatic heterocycles. The fourth-order valence-corrected chi connectivity index (χ4v) is 1.88. The lowest BCUT2D eigenvalue weighted by Crippen LogP contribution is -2.02. The van der Waals surface area contributed by atoms with Gasteiger partial charge in [-0.3, -0.25) is 0 Å². The van der Waals surface area contributed by atoms with Crippen molar-refractivity contribution in [3.05, 3.63) is 39.0 Å². The fourth-order valence-electron chi connectivity index (χ4n) is 1.64. The summed E-state index contributed by atoms with van der Waals surface area (Å²) in [4.78, 5) is 11.2. The van der Waals surface area contributed by atoms with Crippen LogP contribution < -0.4 is 10.4 Å². The predicted molar refractivity (Wildman–Crippen MR) is 63.4 cm³/mol. The van der Waals surface area contributed by atoms with E-state index in [1.807, 2.05) is 0 Å². The first-order valence-corrected chi connectivity index (χ1v) is 5.47. The van der Waals surface area contributed by atoms with Crippen LogP contribution in [0.2, 0.25) is 5.02 Å². The third kappa shape index (κ3) is 2.00. The normalized spacial score (nSPS) is 10.8. The zero-order valence-corrected chi connectivity index (χ0v) is 10.1. The van der Waals surface area contributed by atoms with Crippen molar-refractivity contribution in [3.63, 3.8) is 0 Å². The summed E-state index contributed by atoms with van der Waals surface area (Å²) < 4.78 is 24.0. The highest BCUT2D eigenvalue weighted by Gasteiger charge is 2.17. The topological polar surface area (TPSA) is 39.4 Å². The number of hydrogen-bond donors (Lipinski definition) is 0. The van der Waals surface area contributed by atoms with Gasteiger partial charge in [-0.15, -0.1) is 0 Å². The van der Waals surface area contributed by atoms with Crippen molar-refractivity contribution < 1.29 is 13.5 Å². The molecule has 0 fully saturated rings. The van der Waals surface area contributed by atoms with Gasteiger partial charge in [0.25, 0.3) is 0 Å². The zero-order chi connectivity index (χ0) is 12.6. The van der Waals surface area contributed by atoms with Crippen molar-refractivity contribution in [2.24, 2.45) is 0 Å². The van der Waals surface area contributed by atoms with Gasteiger partial charge in [0.05, 0.1) is 11.6 Å². The van der Waals surface area contributed by atoms with Gasteiger partial charge in [-0.05, 0) is 25.5 Å². The van der Waals surface area contributed by atoms with Crippen molar-refractivity contribution in [1.29, 1.82) is 0 Å². The van der Waals surface area contributed by atoms with Gasteiger partial charge in [-0.25, -0.2) is 4.79 Å². The maximum absolute atomic E-state index is 14.0. The Balaban J connectivity index is 2.87. The van der Waals surface area contributed by atoms with Crippen LogP contribution in [0.1, 0.15) is 12.5 Å². The lowest BCUT2D eigenvalue weighted by atomic mass is 10.1.